The fourth-order valence-corrected chi connectivity index (χ4v) is 5.46. The Morgan fingerprint density at radius 2 is 1.69 bits per heavy atom. The maximum absolute atomic E-state index is 11.0. The number of ether oxygens (including phenoxy) is 2. The lowest BCUT2D eigenvalue weighted by atomic mass is 9.94. The van der Waals surface area contributed by atoms with E-state index in [-0.39, 0.29) is 24.5 Å². The lowest BCUT2D eigenvalue weighted by Crippen LogP contribution is -2.50. The molecule has 2 aromatic carbocycles. The van der Waals surface area contributed by atoms with Crippen LogP contribution >= 0.6 is 0 Å². The van der Waals surface area contributed by atoms with Gasteiger partial charge in [0.15, 0.2) is 0 Å². The van der Waals surface area contributed by atoms with Crippen LogP contribution in [0.15, 0.2) is 66.7 Å². The maximum Gasteiger partial charge on any atom is 0.303 e. The van der Waals surface area contributed by atoms with Crippen molar-refractivity contribution in [2.75, 3.05) is 26.3 Å². The van der Waals surface area contributed by atoms with Gasteiger partial charge in [0.1, 0.15) is 0 Å². The molecule has 6 heteroatoms. The summed E-state index contributed by atoms with van der Waals surface area (Å²) < 4.78 is 12.0. The molecule has 1 heterocycles. The maximum atomic E-state index is 11.0. The quantitative estimate of drug-likeness (QED) is 0.336. The topological polar surface area (TPSA) is 79.2 Å². The van der Waals surface area contributed by atoms with E-state index in [1.807, 2.05) is 6.07 Å². The molecule has 194 valence electrons. The molecule has 2 N–H and O–H groups in total. The molecule has 2 aliphatic rings. The Bertz CT molecular complexity index is 955. The third-order valence-corrected chi connectivity index (χ3v) is 7.33. The molecule has 0 spiro atoms. The molecule has 1 aliphatic heterocycles. The van der Waals surface area contributed by atoms with Gasteiger partial charge >= 0.3 is 5.97 Å². The molecule has 2 fully saturated rings. The number of morpholine rings is 1. The Morgan fingerprint density at radius 1 is 1.00 bits per heavy atom. The van der Waals surface area contributed by atoms with E-state index in [0.29, 0.717) is 32.7 Å². The first-order chi connectivity index (χ1) is 17.6. The minimum Gasteiger partial charge on any atom is -0.481 e. The van der Waals surface area contributed by atoms with Crippen molar-refractivity contribution >= 4 is 5.97 Å². The average molecular weight is 494 g/mol. The van der Waals surface area contributed by atoms with Gasteiger partial charge in [-0.15, -0.1) is 0 Å². The zero-order valence-electron chi connectivity index (χ0n) is 21.0. The second-order valence-electron chi connectivity index (χ2n) is 9.93. The molecule has 1 saturated heterocycles. The summed E-state index contributed by atoms with van der Waals surface area (Å²) in [5, 5.41) is 19.8. The van der Waals surface area contributed by atoms with Crippen LogP contribution in [0.2, 0.25) is 0 Å². The zero-order valence-corrected chi connectivity index (χ0v) is 21.0. The number of allylic oxidation sites excluding steroid dienone is 2. The summed E-state index contributed by atoms with van der Waals surface area (Å²) in [6.45, 7) is 3.58. The average Bonchev–Trinajstić information content (AvgIpc) is 3.21. The minimum absolute atomic E-state index is 0.0273. The van der Waals surface area contributed by atoms with Crippen LogP contribution in [0.25, 0.3) is 0 Å². The molecule has 0 unspecified atom stereocenters. The summed E-state index contributed by atoms with van der Waals surface area (Å²) in [6.07, 6.45) is 7.72. The molecule has 1 aliphatic carbocycles. The Kier molecular flexibility index (Phi) is 10.1. The van der Waals surface area contributed by atoms with Crippen LogP contribution < -0.4 is 0 Å². The number of unbranched alkanes of at least 4 members (excludes halogenated alkanes) is 1. The van der Waals surface area contributed by atoms with Gasteiger partial charge in [-0.25, -0.2) is 0 Å². The van der Waals surface area contributed by atoms with Crippen molar-refractivity contribution in [3.8, 4) is 0 Å². The number of nitrogens with zero attached hydrogens (tertiary/aromatic N) is 1. The smallest absolute Gasteiger partial charge is 0.303 e. The van der Waals surface area contributed by atoms with E-state index < -0.39 is 12.1 Å². The van der Waals surface area contributed by atoms with Crippen molar-refractivity contribution in [3.63, 3.8) is 0 Å². The van der Waals surface area contributed by atoms with Gasteiger partial charge in [-0.1, -0.05) is 66.7 Å². The van der Waals surface area contributed by atoms with Crippen LogP contribution in [-0.2, 0) is 27.3 Å². The highest BCUT2D eigenvalue weighted by Gasteiger charge is 2.45. The summed E-state index contributed by atoms with van der Waals surface area (Å²) in [5.41, 5.74) is 3.72. The number of hydrogen-bond acceptors (Lipinski definition) is 5. The molecule has 4 atom stereocenters. The molecule has 0 radical (unpaired) electrons. The summed E-state index contributed by atoms with van der Waals surface area (Å²) in [6, 6.07) is 19.1. The fourth-order valence-electron chi connectivity index (χ4n) is 5.46. The van der Waals surface area contributed by atoms with Gasteiger partial charge in [-0.3, -0.25) is 9.69 Å². The van der Waals surface area contributed by atoms with E-state index in [9.17, 15) is 9.90 Å². The molecule has 1 saturated carbocycles. The van der Waals surface area contributed by atoms with Crippen molar-refractivity contribution in [2.24, 2.45) is 5.92 Å². The SMILES string of the molecule is O=C(O)CCC/C=C\C[C@@H]1[C@@H](N2CCOCC2)[C@H](O)C[C@@H]1OCc1ccc(Cc2ccccc2)cc1. The summed E-state index contributed by atoms with van der Waals surface area (Å²) in [4.78, 5) is 13.1. The van der Waals surface area contributed by atoms with Crippen LogP contribution in [0.3, 0.4) is 0 Å². The number of benzene rings is 2. The van der Waals surface area contributed by atoms with Gasteiger partial charge < -0.3 is 19.7 Å². The highest BCUT2D eigenvalue weighted by atomic mass is 16.5. The molecule has 2 aromatic rings. The molecule has 4 rings (SSSR count). The molecular formula is C30H39NO5. The predicted molar refractivity (Wildman–Crippen MR) is 140 cm³/mol. The number of carboxylic acid groups (broad SMARTS) is 1. The number of rotatable bonds is 12. The summed E-state index contributed by atoms with van der Waals surface area (Å²) >= 11 is 0. The lowest BCUT2D eigenvalue weighted by molar-refractivity contribution is -0.137. The van der Waals surface area contributed by atoms with Crippen LogP contribution in [0, 0.1) is 5.92 Å². The van der Waals surface area contributed by atoms with E-state index >= 15 is 0 Å². The third kappa shape index (κ3) is 7.74. The van der Waals surface area contributed by atoms with E-state index in [2.05, 4.69) is 65.6 Å². The summed E-state index contributed by atoms with van der Waals surface area (Å²) in [5.74, 6) is -0.567. The highest BCUT2D eigenvalue weighted by molar-refractivity contribution is 5.66. The first-order valence-electron chi connectivity index (χ1n) is 13.2. The number of aliphatic hydroxyl groups is 1. The Hall–Kier alpha value is -2.51. The Morgan fingerprint density at radius 3 is 2.42 bits per heavy atom. The lowest BCUT2D eigenvalue weighted by Gasteiger charge is -2.37. The van der Waals surface area contributed by atoms with Gasteiger partial charge in [-0.05, 0) is 42.4 Å². The first-order valence-corrected chi connectivity index (χ1v) is 13.2. The van der Waals surface area contributed by atoms with E-state index in [1.54, 1.807) is 0 Å². The minimum atomic E-state index is -0.753. The van der Waals surface area contributed by atoms with Crippen molar-refractivity contribution in [3.05, 3.63) is 83.4 Å². The molecule has 6 nitrogen and oxygen atoms in total. The van der Waals surface area contributed by atoms with Gasteiger partial charge in [0.2, 0.25) is 0 Å². The standard InChI is InChI=1S/C30H39NO5/c32-27-21-28(36-22-25-14-12-24(13-15-25)20-23-8-4-3-5-9-23)26(10-6-1-2-7-11-29(33)34)30(27)31-16-18-35-19-17-31/h1,3-6,8-9,12-15,26-28,30,32H,2,7,10-11,16-22H2,(H,33,34)/b6-1-/t26-,27+,28-,30+/m0/s1. The van der Waals surface area contributed by atoms with Crippen LogP contribution in [-0.4, -0.2) is 65.6 Å². The molecular weight excluding hydrogens is 454 g/mol. The third-order valence-electron chi connectivity index (χ3n) is 7.33. The fraction of sp³-hybridized carbons (Fsp3) is 0.500. The van der Waals surface area contributed by atoms with Crippen LogP contribution in [0.1, 0.15) is 48.8 Å². The monoisotopic (exact) mass is 493 g/mol. The first kappa shape index (κ1) is 26.6. The Balaban J connectivity index is 1.35. The second-order valence-corrected chi connectivity index (χ2v) is 9.93. The highest BCUT2D eigenvalue weighted by Crippen LogP contribution is 2.36. The predicted octanol–water partition coefficient (Wildman–Crippen LogP) is 4.45. The van der Waals surface area contributed by atoms with E-state index in [1.165, 1.54) is 11.1 Å². The zero-order chi connectivity index (χ0) is 25.2. The number of hydrogen-bond donors (Lipinski definition) is 2. The van der Waals surface area contributed by atoms with E-state index in [4.69, 9.17) is 14.6 Å². The van der Waals surface area contributed by atoms with Gasteiger partial charge in [0.25, 0.3) is 0 Å². The van der Waals surface area contributed by atoms with Gasteiger partial charge in [-0.2, -0.15) is 0 Å². The van der Waals surface area contributed by atoms with Crippen LogP contribution in [0.5, 0.6) is 0 Å². The van der Waals surface area contributed by atoms with Crippen molar-refractivity contribution in [1.82, 2.24) is 4.90 Å². The number of carboxylic acids is 1. The molecule has 0 amide bonds. The number of aliphatic hydroxyl groups excluding tert-OH is 1. The van der Waals surface area contributed by atoms with Crippen LogP contribution in [0.4, 0.5) is 0 Å². The Labute approximate surface area is 214 Å². The molecule has 0 aromatic heterocycles. The van der Waals surface area contributed by atoms with Gasteiger partial charge in [0, 0.05) is 37.9 Å². The number of carbonyl (C=O) groups is 1. The van der Waals surface area contributed by atoms with Crippen molar-refractivity contribution < 1.29 is 24.5 Å². The molecule has 36 heavy (non-hydrogen) atoms. The van der Waals surface area contributed by atoms with E-state index in [0.717, 1.165) is 37.9 Å². The normalized spacial score (nSPS) is 24.9. The van der Waals surface area contributed by atoms with Gasteiger partial charge in [0.05, 0.1) is 32.0 Å². The molecule has 0 bridgehead atoms. The number of aliphatic carboxylic acids is 1. The second kappa shape index (κ2) is 13.7. The summed E-state index contributed by atoms with van der Waals surface area (Å²) in [7, 11) is 0. The van der Waals surface area contributed by atoms with Crippen molar-refractivity contribution in [2.45, 2.75) is 63.4 Å². The van der Waals surface area contributed by atoms with Crippen molar-refractivity contribution in [1.29, 1.82) is 0 Å². The largest absolute Gasteiger partial charge is 0.481 e.